The van der Waals surface area contributed by atoms with Crippen molar-refractivity contribution in [2.45, 2.75) is 26.2 Å². The van der Waals surface area contributed by atoms with E-state index >= 15 is 0 Å². The Morgan fingerprint density at radius 3 is 2.50 bits per heavy atom. The van der Waals surface area contributed by atoms with Crippen molar-refractivity contribution >= 4 is 23.4 Å². The van der Waals surface area contributed by atoms with Crippen molar-refractivity contribution in [3.63, 3.8) is 0 Å². The second kappa shape index (κ2) is 12.4. The van der Waals surface area contributed by atoms with E-state index in [1.165, 1.54) is 0 Å². The molecule has 180 valence electrons. The van der Waals surface area contributed by atoms with Gasteiger partial charge in [-0.2, -0.15) is 0 Å². The fourth-order valence-electron chi connectivity index (χ4n) is 3.66. The molecule has 8 heteroatoms. The molecular formula is C26H31N3O5. The van der Waals surface area contributed by atoms with Gasteiger partial charge in [-0.05, 0) is 56.5 Å². The standard InChI is InChI=1S/C26H31N3O5/c1-3-14-27-26(32)20-10-6-7-11-21(20)28-25(31)19-12-13-22(23(17-19)33-4-2)34-18-24(30)29-15-8-5-9-16-29/h3,6-7,10-13,17H,1,4-5,8-9,14-16,18H2,2H3,(H,27,32)(H,28,31). The Morgan fingerprint density at radius 1 is 1.00 bits per heavy atom. The molecule has 2 aromatic rings. The van der Waals surface area contributed by atoms with Gasteiger partial charge in [0, 0.05) is 25.2 Å². The highest BCUT2D eigenvalue weighted by Gasteiger charge is 2.19. The Morgan fingerprint density at radius 2 is 1.76 bits per heavy atom. The first kappa shape index (κ1) is 24.8. The summed E-state index contributed by atoms with van der Waals surface area (Å²) in [6, 6.07) is 11.5. The molecular weight excluding hydrogens is 434 g/mol. The van der Waals surface area contributed by atoms with Crippen LogP contribution in [0.15, 0.2) is 55.1 Å². The molecule has 3 amide bonds. The van der Waals surface area contributed by atoms with Crippen molar-refractivity contribution < 1.29 is 23.9 Å². The molecule has 0 radical (unpaired) electrons. The van der Waals surface area contributed by atoms with Crippen LogP contribution in [0, 0.1) is 0 Å². The number of rotatable bonds is 10. The molecule has 0 aromatic heterocycles. The quantitative estimate of drug-likeness (QED) is 0.522. The number of ether oxygens (including phenoxy) is 2. The summed E-state index contributed by atoms with van der Waals surface area (Å²) in [5.74, 6) is -0.00401. The van der Waals surface area contributed by atoms with Crippen molar-refractivity contribution in [3.05, 3.63) is 66.2 Å². The number of hydrogen-bond acceptors (Lipinski definition) is 5. The van der Waals surface area contributed by atoms with Crippen molar-refractivity contribution in [1.82, 2.24) is 10.2 Å². The minimum Gasteiger partial charge on any atom is -0.490 e. The monoisotopic (exact) mass is 465 g/mol. The van der Waals surface area contributed by atoms with Gasteiger partial charge in [-0.25, -0.2) is 0 Å². The van der Waals surface area contributed by atoms with Gasteiger partial charge in [0.15, 0.2) is 18.1 Å². The van der Waals surface area contributed by atoms with Gasteiger partial charge in [0.2, 0.25) is 0 Å². The first-order chi connectivity index (χ1) is 16.5. The summed E-state index contributed by atoms with van der Waals surface area (Å²) >= 11 is 0. The maximum absolute atomic E-state index is 12.9. The third-order valence-electron chi connectivity index (χ3n) is 5.39. The van der Waals surface area contributed by atoms with Gasteiger partial charge in [-0.1, -0.05) is 18.2 Å². The van der Waals surface area contributed by atoms with Crippen LogP contribution in [0.1, 0.15) is 46.9 Å². The molecule has 8 nitrogen and oxygen atoms in total. The predicted molar refractivity (Wildman–Crippen MR) is 130 cm³/mol. The van der Waals surface area contributed by atoms with Gasteiger partial charge >= 0.3 is 0 Å². The van der Waals surface area contributed by atoms with Gasteiger partial charge in [0.1, 0.15) is 0 Å². The molecule has 1 aliphatic rings. The summed E-state index contributed by atoms with van der Waals surface area (Å²) in [6.45, 7) is 7.53. The minimum atomic E-state index is -0.402. The Labute approximate surface area is 199 Å². The summed E-state index contributed by atoms with van der Waals surface area (Å²) in [5, 5.41) is 5.49. The molecule has 1 saturated heterocycles. The molecule has 1 fully saturated rings. The molecule has 1 heterocycles. The van der Waals surface area contributed by atoms with Crippen LogP contribution in [0.4, 0.5) is 5.69 Å². The van der Waals surface area contributed by atoms with Crippen LogP contribution in [-0.2, 0) is 4.79 Å². The highest BCUT2D eigenvalue weighted by atomic mass is 16.5. The number of para-hydroxylation sites is 1. The van der Waals surface area contributed by atoms with Crippen molar-refractivity contribution in [2.24, 2.45) is 0 Å². The zero-order valence-electron chi connectivity index (χ0n) is 19.5. The van der Waals surface area contributed by atoms with Crippen molar-refractivity contribution in [2.75, 3.05) is 38.2 Å². The van der Waals surface area contributed by atoms with Crippen LogP contribution in [-0.4, -0.2) is 55.5 Å². The third kappa shape index (κ3) is 6.60. The van der Waals surface area contributed by atoms with E-state index < -0.39 is 5.91 Å². The fraction of sp³-hybridized carbons (Fsp3) is 0.346. The Hall–Kier alpha value is -3.81. The number of carbonyl (C=O) groups is 3. The number of carbonyl (C=O) groups excluding carboxylic acids is 3. The molecule has 2 N–H and O–H groups in total. The topological polar surface area (TPSA) is 97.0 Å². The smallest absolute Gasteiger partial charge is 0.260 e. The molecule has 0 spiro atoms. The third-order valence-corrected chi connectivity index (χ3v) is 5.39. The van der Waals surface area contributed by atoms with Crippen LogP contribution < -0.4 is 20.1 Å². The minimum absolute atomic E-state index is 0.0599. The van der Waals surface area contributed by atoms with Gasteiger partial charge in [0.05, 0.1) is 17.9 Å². The molecule has 34 heavy (non-hydrogen) atoms. The first-order valence-corrected chi connectivity index (χ1v) is 11.5. The molecule has 2 aromatic carbocycles. The number of nitrogens with one attached hydrogen (secondary N) is 2. The van der Waals surface area contributed by atoms with E-state index in [2.05, 4.69) is 17.2 Å². The number of piperidine rings is 1. The number of nitrogens with zero attached hydrogens (tertiary/aromatic N) is 1. The van der Waals surface area contributed by atoms with E-state index in [-0.39, 0.29) is 18.4 Å². The second-order valence-electron chi connectivity index (χ2n) is 7.82. The average Bonchev–Trinajstić information content (AvgIpc) is 2.87. The van der Waals surface area contributed by atoms with Gasteiger partial charge in [0.25, 0.3) is 17.7 Å². The van der Waals surface area contributed by atoms with Crippen LogP contribution in [0.25, 0.3) is 0 Å². The number of benzene rings is 2. The van der Waals surface area contributed by atoms with Crippen molar-refractivity contribution in [1.29, 1.82) is 0 Å². The Bertz CT molecular complexity index is 1030. The van der Waals surface area contributed by atoms with Gasteiger partial charge < -0.3 is 25.0 Å². The van der Waals surface area contributed by atoms with Gasteiger partial charge in [-0.15, -0.1) is 6.58 Å². The van der Waals surface area contributed by atoms with Crippen LogP contribution in [0.2, 0.25) is 0 Å². The van der Waals surface area contributed by atoms with E-state index in [1.54, 1.807) is 48.5 Å². The summed E-state index contributed by atoms with van der Waals surface area (Å²) in [6.07, 6.45) is 4.75. The largest absolute Gasteiger partial charge is 0.490 e. The fourth-order valence-corrected chi connectivity index (χ4v) is 3.66. The molecule has 0 unspecified atom stereocenters. The van der Waals surface area contributed by atoms with E-state index in [0.29, 0.717) is 41.5 Å². The van der Waals surface area contributed by atoms with E-state index in [4.69, 9.17) is 9.47 Å². The molecule has 0 aliphatic carbocycles. The predicted octanol–water partition coefficient (Wildman–Crippen LogP) is 3.64. The van der Waals surface area contributed by atoms with E-state index in [0.717, 1.165) is 32.4 Å². The highest BCUT2D eigenvalue weighted by molar-refractivity contribution is 6.09. The lowest BCUT2D eigenvalue weighted by molar-refractivity contribution is -0.134. The zero-order valence-corrected chi connectivity index (χ0v) is 19.5. The Balaban J connectivity index is 1.71. The molecule has 0 bridgehead atoms. The summed E-state index contributed by atoms with van der Waals surface area (Å²) in [7, 11) is 0. The summed E-state index contributed by atoms with van der Waals surface area (Å²) in [5.41, 5.74) is 1.07. The summed E-state index contributed by atoms with van der Waals surface area (Å²) in [4.78, 5) is 39.6. The van der Waals surface area contributed by atoms with E-state index in [1.807, 2.05) is 11.8 Å². The van der Waals surface area contributed by atoms with Crippen LogP contribution >= 0.6 is 0 Å². The number of amides is 3. The number of anilines is 1. The number of hydrogen-bond donors (Lipinski definition) is 2. The molecule has 0 saturated carbocycles. The lowest BCUT2D eigenvalue weighted by Gasteiger charge is -2.26. The highest BCUT2D eigenvalue weighted by Crippen LogP contribution is 2.29. The van der Waals surface area contributed by atoms with Crippen LogP contribution in [0.3, 0.4) is 0 Å². The lowest BCUT2D eigenvalue weighted by atomic mass is 10.1. The normalized spacial score (nSPS) is 13.0. The average molecular weight is 466 g/mol. The zero-order chi connectivity index (χ0) is 24.3. The van der Waals surface area contributed by atoms with Crippen LogP contribution in [0.5, 0.6) is 11.5 Å². The van der Waals surface area contributed by atoms with Gasteiger partial charge in [-0.3, -0.25) is 14.4 Å². The molecule has 0 atom stereocenters. The summed E-state index contributed by atoms with van der Waals surface area (Å²) < 4.78 is 11.4. The lowest BCUT2D eigenvalue weighted by Crippen LogP contribution is -2.38. The second-order valence-corrected chi connectivity index (χ2v) is 7.82. The molecule has 3 rings (SSSR count). The number of likely N-dealkylation sites (tertiary alicyclic amines) is 1. The Kier molecular flexibility index (Phi) is 9.08. The molecule has 1 aliphatic heterocycles. The maximum Gasteiger partial charge on any atom is 0.260 e. The maximum atomic E-state index is 12.9. The first-order valence-electron chi connectivity index (χ1n) is 11.5. The van der Waals surface area contributed by atoms with Crippen molar-refractivity contribution in [3.8, 4) is 11.5 Å². The van der Waals surface area contributed by atoms with E-state index in [9.17, 15) is 14.4 Å². The SMILES string of the molecule is C=CCNC(=O)c1ccccc1NC(=O)c1ccc(OCC(=O)N2CCCCC2)c(OCC)c1.